The summed E-state index contributed by atoms with van der Waals surface area (Å²) in [5.74, 6) is 0.413. The van der Waals surface area contributed by atoms with E-state index in [4.69, 9.17) is 16.3 Å². The molecule has 8 heteroatoms. The summed E-state index contributed by atoms with van der Waals surface area (Å²) in [4.78, 5) is 12.3. The van der Waals surface area contributed by atoms with Crippen molar-refractivity contribution in [2.45, 2.75) is 26.2 Å². The van der Waals surface area contributed by atoms with Crippen molar-refractivity contribution in [1.29, 1.82) is 0 Å². The third kappa shape index (κ3) is 6.17. The number of carbonyl (C=O) groups excluding carboxylic acids is 1. The van der Waals surface area contributed by atoms with Gasteiger partial charge in [0.1, 0.15) is 12.4 Å². The molecule has 0 bridgehead atoms. The molecule has 1 amide bonds. The Balaban J connectivity index is 1.75. The van der Waals surface area contributed by atoms with Crippen LogP contribution in [-0.2, 0) is 14.8 Å². The molecule has 2 rings (SSSR count). The van der Waals surface area contributed by atoms with E-state index in [1.165, 1.54) is 4.31 Å². The van der Waals surface area contributed by atoms with Gasteiger partial charge in [-0.1, -0.05) is 18.5 Å². The van der Waals surface area contributed by atoms with Crippen molar-refractivity contribution in [2.75, 3.05) is 32.0 Å². The fourth-order valence-electron chi connectivity index (χ4n) is 2.81. The molecule has 1 aromatic rings. The fraction of sp³-hybridized carbons (Fsp3) is 0.588. The van der Waals surface area contributed by atoms with Gasteiger partial charge in [-0.25, -0.2) is 12.7 Å². The summed E-state index contributed by atoms with van der Waals surface area (Å²) in [5.41, 5.74) is 0. The van der Waals surface area contributed by atoms with Crippen molar-refractivity contribution in [3.8, 4) is 5.75 Å². The Hall–Kier alpha value is -1.31. The zero-order valence-corrected chi connectivity index (χ0v) is 16.0. The summed E-state index contributed by atoms with van der Waals surface area (Å²) < 4.78 is 31.3. The van der Waals surface area contributed by atoms with Gasteiger partial charge in [-0.05, 0) is 43.5 Å². The van der Waals surface area contributed by atoms with Crippen LogP contribution in [-0.4, -0.2) is 50.6 Å². The van der Waals surface area contributed by atoms with Gasteiger partial charge in [0, 0.05) is 18.1 Å². The fourth-order valence-corrected chi connectivity index (χ4v) is 4.53. The Morgan fingerprint density at radius 1 is 1.36 bits per heavy atom. The van der Waals surface area contributed by atoms with Crippen LogP contribution >= 0.6 is 11.6 Å². The van der Waals surface area contributed by atoms with Crippen molar-refractivity contribution < 1.29 is 17.9 Å². The molecule has 0 unspecified atom stereocenters. The van der Waals surface area contributed by atoms with Gasteiger partial charge >= 0.3 is 0 Å². The van der Waals surface area contributed by atoms with Crippen LogP contribution in [0.25, 0.3) is 0 Å². The number of piperidine rings is 1. The topological polar surface area (TPSA) is 75.7 Å². The third-order valence-electron chi connectivity index (χ3n) is 4.09. The van der Waals surface area contributed by atoms with Gasteiger partial charge in [-0.3, -0.25) is 4.79 Å². The molecule has 1 aliphatic heterocycles. The third-order valence-corrected chi connectivity index (χ3v) is 6.39. The predicted molar refractivity (Wildman–Crippen MR) is 98.3 cm³/mol. The molecule has 1 heterocycles. The van der Waals surface area contributed by atoms with Gasteiger partial charge in [0.25, 0.3) is 0 Å². The monoisotopic (exact) mass is 388 g/mol. The van der Waals surface area contributed by atoms with Gasteiger partial charge in [-0.2, -0.15) is 0 Å². The van der Waals surface area contributed by atoms with E-state index < -0.39 is 10.0 Å². The molecule has 25 heavy (non-hydrogen) atoms. The summed E-state index contributed by atoms with van der Waals surface area (Å²) in [6, 6.07) is 7.01. The van der Waals surface area contributed by atoms with E-state index in [1.807, 2.05) is 6.92 Å². The number of amides is 1. The number of halogens is 1. The minimum atomic E-state index is -3.25. The minimum absolute atomic E-state index is 0.115. The Bertz CT molecular complexity index is 664. The van der Waals surface area contributed by atoms with E-state index in [2.05, 4.69) is 5.32 Å². The zero-order valence-electron chi connectivity index (χ0n) is 14.4. The lowest BCUT2D eigenvalue weighted by atomic mass is 9.99. The average molecular weight is 389 g/mol. The van der Waals surface area contributed by atoms with Gasteiger partial charge in [-0.15, -0.1) is 0 Å². The summed E-state index contributed by atoms with van der Waals surface area (Å²) in [6.07, 6.45) is 2.00. The number of carbonyl (C=O) groups is 1. The number of hydrogen-bond donors (Lipinski definition) is 1. The molecule has 1 saturated heterocycles. The Labute approximate surface area is 154 Å². The van der Waals surface area contributed by atoms with E-state index in [-0.39, 0.29) is 24.1 Å². The lowest BCUT2D eigenvalue weighted by Gasteiger charge is -2.31. The highest BCUT2D eigenvalue weighted by atomic mass is 35.5. The van der Waals surface area contributed by atoms with Gasteiger partial charge in [0.15, 0.2) is 0 Å². The first-order chi connectivity index (χ1) is 11.9. The molecule has 140 valence electrons. The molecule has 0 saturated carbocycles. The SMILES string of the molecule is CCCS(=O)(=O)N1CCC[C@@H](C(=O)NCCOc2ccc(Cl)cc2)C1. The van der Waals surface area contributed by atoms with Gasteiger partial charge < -0.3 is 10.1 Å². The van der Waals surface area contributed by atoms with Crippen LogP contribution in [0.4, 0.5) is 0 Å². The number of ether oxygens (including phenoxy) is 1. The molecule has 0 aromatic heterocycles. The quantitative estimate of drug-likeness (QED) is 0.693. The molecule has 0 spiro atoms. The first kappa shape index (κ1) is 20.0. The van der Waals surface area contributed by atoms with Crippen molar-refractivity contribution in [2.24, 2.45) is 5.92 Å². The predicted octanol–water partition coefficient (Wildman–Crippen LogP) is 2.29. The van der Waals surface area contributed by atoms with Crippen LogP contribution in [0.5, 0.6) is 5.75 Å². The zero-order chi connectivity index (χ0) is 18.3. The van der Waals surface area contributed by atoms with Crippen LogP contribution in [0.1, 0.15) is 26.2 Å². The Kier molecular flexibility index (Phi) is 7.53. The van der Waals surface area contributed by atoms with E-state index in [0.717, 1.165) is 0 Å². The van der Waals surface area contributed by atoms with Gasteiger partial charge in [0.05, 0.1) is 18.2 Å². The second kappa shape index (κ2) is 9.40. The number of benzene rings is 1. The molecule has 1 atom stereocenters. The maximum atomic E-state index is 12.3. The Morgan fingerprint density at radius 3 is 2.76 bits per heavy atom. The lowest BCUT2D eigenvalue weighted by Crippen LogP contribution is -2.46. The van der Waals surface area contributed by atoms with Crippen LogP contribution in [0.2, 0.25) is 5.02 Å². The maximum absolute atomic E-state index is 12.3. The maximum Gasteiger partial charge on any atom is 0.224 e. The van der Waals surface area contributed by atoms with Crippen LogP contribution < -0.4 is 10.1 Å². The molecular formula is C17H25ClN2O4S. The largest absolute Gasteiger partial charge is 0.492 e. The molecular weight excluding hydrogens is 364 g/mol. The minimum Gasteiger partial charge on any atom is -0.492 e. The summed E-state index contributed by atoms with van der Waals surface area (Å²) in [5, 5.41) is 3.47. The van der Waals surface area contributed by atoms with E-state index in [1.54, 1.807) is 24.3 Å². The van der Waals surface area contributed by atoms with Crippen LogP contribution in [0.3, 0.4) is 0 Å². The second-order valence-corrected chi connectivity index (χ2v) is 8.63. The molecule has 1 fully saturated rings. The first-order valence-electron chi connectivity index (χ1n) is 8.56. The molecule has 0 aliphatic carbocycles. The van der Waals surface area contributed by atoms with E-state index in [9.17, 15) is 13.2 Å². The highest BCUT2D eigenvalue weighted by molar-refractivity contribution is 7.89. The summed E-state index contributed by atoms with van der Waals surface area (Å²) in [6.45, 7) is 3.34. The average Bonchev–Trinajstić information content (AvgIpc) is 2.60. The second-order valence-electron chi connectivity index (χ2n) is 6.11. The highest BCUT2D eigenvalue weighted by Gasteiger charge is 2.31. The number of nitrogens with one attached hydrogen (secondary N) is 1. The van der Waals surface area contributed by atoms with Crippen molar-refractivity contribution in [1.82, 2.24) is 9.62 Å². The highest BCUT2D eigenvalue weighted by Crippen LogP contribution is 2.20. The van der Waals surface area contributed by atoms with E-state index in [0.29, 0.717) is 49.7 Å². The number of sulfonamides is 1. The smallest absolute Gasteiger partial charge is 0.224 e. The van der Waals surface area contributed by atoms with Crippen molar-refractivity contribution in [3.05, 3.63) is 29.3 Å². The van der Waals surface area contributed by atoms with Crippen LogP contribution in [0.15, 0.2) is 24.3 Å². The number of rotatable bonds is 8. The molecule has 0 radical (unpaired) electrons. The summed E-state index contributed by atoms with van der Waals surface area (Å²) in [7, 11) is -3.25. The van der Waals surface area contributed by atoms with Crippen molar-refractivity contribution >= 4 is 27.5 Å². The molecule has 1 N–H and O–H groups in total. The van der Waals surface area contributed by atoms with Crippen LogP contribution in [0, 0.1) is 5.92 Å². The van der Waals surface area contributed by atoms with E-state index >= 15 is 0 Å². The van der Waals surface area contributed by atoms with Gasteiger partial charge in [0.2, 0.25) is 15.9 Å². The standard InChI is InChI=1S/C17H25ClN2O4S/c1-2-12-25(22,23)20-10-3-4-14(13-20)17(21)19-9-11-24-16-7-5-15(18)6-8-16/h5-8,14H,2-4,9-13H2,1H3,(H,19,21)/t14-/m1/s1. The Morgan fingerprint density at radius 2 is 2.08 bits per heavy atom. The molecule has 6 nitrogen and oxygen atoms in total. The molecule has 1 aromatic carbocycles. The molecule has 1 aliphatic rings. The first-order valence-corrected chi connectivity index (χ1v) is 10.5. The summed E-state index contributed by atoms with van der Waals surface area (Å²) >= 11 is 5.80. The number of nitrogens with zero attached hydrogens (tertiary/aromatic N) is 1. The lowest BCUT2D eigenvalue weighted by molar-refractivity contribution is -0.126. The van der Waals surface area contributed by atoms with Crippen molar-refractivity contribution in [3.63, 3.8) is 0 Å². The normalized spacial score (nSPS) is 18.7. The number of hydrogen-bond acceptors (Lipinski definition) is 4.